The molecule has 0 radical (unpaired) electrons. The molecule has 0 saturated heterocycles. The van der Waals surface area contributed by atoms with Crippen LogP contribution in [0.25, 0.3) is 11.3 Å². The van der Waals surface area contributed by atoms with Gasteiger partial charge in [-0.25, -0.2) is 8.78 Å². The van der Waals surface area contributed by atoms with Crippen LogP contribution in [0, 0.1) is 25.5 Å². The summed E-state index contributed by atoms with van der Waals surface area (Å²) >= 11 is 6.05. The topological polar surface area (TPSA) is 55.1 Å². The number of anilines is 1. The average Bonchev–Trinajstić information content (AvgIpc) is 2.92. The summed E-state index contributed by atoms with van der Waals surface area (Å²) in [6.07, 6.45) is 0. The molecule has 3 rings (SSSR count). The zero-order valence-electron chi connectivity index (χ0n) is 13.4. The van der Waals surface area contributed by atoms with Crippen molar-refractivity contribution >= 4 is 23.2 Å². The SMILES string of the molecule is Cc1ccc(F)cc1NC(=O)c1c(-c2c(F)cccc2Cl)noc1C. The third-order valence-electron chi connectivity index (χ3n) is 3.74. The number of aryl methyl sites for hydroxylation is 2. The standard InChI is InChI=1S/C18H13ClF2N2O2/c1-9-6-7-11(20)8-14(9)22-18(24)15-10(2)25-23-17(15)16-12(19)4-3-5-13(16)21/h3-8H,1-2H3,(H,22,24). The molecular formula is C18H13ClF2N2O2. The molecule has 0 spiro atoms. The molecule has 0 atom stereocenters. The zero-order valence-corrected chi connectivity index (χ0v) is 14.1. The maximum Gasteiger partial charge on any atom is 0.261 e. The summed E-state index contributed by atoms with van der Waals surface area (Å²) in [6.45, 7) is 3.25. The molecule has 1 N–H and O–H groups in total. The number of amides is 1. The number of carbonyl (C=O) groups is 1. The number of benzene rings is 2. The lowest BCUT2D eigenvalue weighted by atomic mass is 10.0. The monoisotopic (exact) mass is 362 g/mol. The van der Waals surface area contributed by atoms with Gasteiger partial charge in [0.2, 0.25) is 0 Å². The summed E-state index contributed by atoms with van der Waals surface area (Å²) < 4.78 is 32.7. The van der Waals surface area contributed by atoms with E-state index in [2.05, 4.69) is 10.5 Å². The summed E-state index contributed by atoms with van der Waals surface area (Å²) in [5, 5.41) is 6.48. The van der Waals surface area contributed by atoms with Crippen molar-refractivity contribution in [1.82, 2.24) is 5.16 Å². The van der Waals surface area contributed by atoms with Crippen molar-refractivity contribution in [2.24, 2.45) is 0 Å². The summed E-state index contributed by atoms with van der Waals surface area (Å²) in [4.78, 5) is 12.7. The summed E-state index contributed by atoms with van der Waals surface area (Å²) in [6, 6.07) is 8.18. The van der Waals surface area contributed by atoms with Gasteiger partial charge in [-0.3, -0.25) is 4.79 Å². The maximum atomic E-state index is 14.2. The second kappa shape index (κ2) is 6.64. The van der Waals surface area contributed by atoms with Crippen LogP contribution in [-0.4, -0.2) is 11.1 Å². The molecule has 0 fully saturated rings. The molecule has 4 nitrogen and oxygen atoms in total. The molecule has 0 unspecified atom stereocenters. The van der Waals surface area contributed by atoms with Crippen molar-refractivity contribution in [2.45, 2.75) is 13.8 Å². The second-order valence-electron chi connectivity index (χ2n) is 5.47. The van der Waals surface area contributed by atoms with E-state index in [1.807, 2.05) is 0 Å². The average molecular weight is 363 g/mol. The number of nitrogens with zero attached hydrogens (tertiary/aromatic N) is 1. The normalized spacial score (nSPS) is 10.8. The number of hydrogen-bond acceptors (Lipinski definition) is 3. The Morgan fingerprint density at radius 1 is 1.20 bits per heavy atom. The van der Waals surface area contributed by atoms with Crippen molar-refractivity contribution < 1.29 is 18.1 Å². The Bertz CT molecular complexity index is 949. The van der Waals surface area contributed by atoms with Gasteiger partial charge in [-0.05, 0) is 43.7 Å². The van der Waals surface area contributed by atoms with Gasteiger partial charge in [0.15, 0.2) is 0 Å². The molecule has 128 valence electrons. The molecule has 0 bridgehead atoms. The molecule has 0 saturated carbocycles. The van der Waals surface area contributed by atoms with Gasteiger partial charge in [0, 0.05) is 5.69 Å². The quantitative estimate of drug-likeness (QED) is 0.701. The van der Waals surface area contributed by atoms with Gasteiger partial charge >= 0.3 is 0 Å². The first kappa shape index (κ1) is 17.1. The highest BCUT2D eigenvalue weighted by atomic mass is 35.5. The summed E-state index contributed by atoms with van der Waals surface area (Å²) in [5.41, 5.74) is 0.982. The minimum atomic E-state index is -0.628. The maximum absolute atomic E-state index is 14.2. The third kappa shape index (κ3) is 3.25. The van der Waals surface area contributed by atoms with Crippen LogP contribution >= 0.6 is 11.6 Å². The van der Waals surface area contributed by atoms with E-state index in [4.69, 9.17) is 16.1 Å². The minimum Gasteiger partial charge on any atom is -0.360 e. The highest BCUT2D eigenvalue weighted by Crippen LogP contribution is 2.34. The van der Waals surface area contributed by atoms with Crippen molar-refractivity contribution in [3.8, 4) is 11.3 Å². The highest BCUT2D eigenvalue weighted by molar-refractivity contribution is 6.33. The molecule has 1 aromatic heterocycles. The van der Waals surface area contributed by atoms with E-state index in [-0.39, 0.29) is 27.6 Å². The van der Waals surface area contributed by atoms with Gasteiger partial charge in [0.05, 0.1) is 10.6 Å². The number of halogens is 3. The van der Waals surface area contributed by atoms with Crippen molar-refractivity contribution in [3.05, 3.63) is 69.9 Å². The van der Waals surface area contributed by atoms with Crippen molar-refractivity contribution in [3.63, 3.8) is 0 Å². The lowest BCUT2D eigenvalue weighted by molar-refractivity contribution is 0.102. The Labute approximate surface area is 147 Å². The molecule has 3 aromatic rings. The molecule has 0 aliphatic carbocycles. The van der Waals surface area contributed by atoms with E-state index >= 15 is 0 Å². The van der Waals surface area contributed by atoms with E-state index < -0.39 is 17.5 Å². The van der Waals surface area contributed by atoms with Gasteiger partial charge < -0.3 is 9.84 Å². The largest absolute Gasteiger partial charge is 0.360 e. The lowest BCUT2D eigenvalue weighted by Gasteiger charge is -2.09. The van der Waals surface area contributed by atoms with Crippen molar-refractivity contribution in [2.75, 3.05) is 5.32 Å². The predicted octanol–water partition coefficient (Wildman–Crippen LogP) is 5.14. The van der Waals surface area contributed by atoms with Gasteiger partial charge in [-0.2, -0.15) is 0 Å². The molecule has 7 heteroatoms. The Hall–Kier alpha value is -2.73. The van der Waals surface area contributed by atoms with E-state index in [9.17, 15) is 13.6 Å². The van der Waals surface area contributed by atoms with E-state index in [1.165, 1.54) is 37.3 Å². The fourth-order valence-corrected chi connectivity index (χ4v) is 2.70. The Balaban J connectivity index is 2.05. The number of hydrogen-bond donors (Lipinski definition) is 1. The fourth-order valence-electron chi connectivity index (χ4n) is 2.45. The predicted molar refractivity (Wildman–Crippen MR) is 90.7 cm³/mol. The van der Waals surface area contributed by atoms with Crippen LogP contribution in [0.1, 0.15) is 21.7 Å². The number of carbonyl (C=O) groups excluding carboxylic acids is 1. The van der Waals surface area contributed by atoms with Gasteiger partial charge in [0.25, 0.3) is 5.91 Å². The smallest absolute Gasteiger partial charge is 0.261 e. The number of rotatable bonds is 3. The van der Waals surface area contributed by atoms with Gasteiger partial charge in [0.1, 0.15) is 28.7 Å². The number of aromatic nitrogens is 1. The van der Waals surface area contributed by atoms with Crippen molar-refractivity contribution in [1.29, 1.82) is 0 Å². The Morgan fingerprint density at radius 3 is 2.68 bits per heavy atom. The van der Waals surface area contributed by atoms with E-state index in [1.54, 1.807) is 13.0 Å². The van der Waals surface area contributed by atoms with Crippen LogP contribution in [0.3, 0.4) is 0 Å². The molecule has 1 amide bonds. The first-order valence-corrected chi connectivity index (χ1v) is 7.74. The highest BCUT2D eigenvalue weighted by Gasteiger charge is 2.25. The molecular weight excluding hydrogens is 350 g/mol. The summed E-state index contributed by atoms with van der Waals surface area (Å²) in [7, 11) is 0. The van der Waals surface area contributed by atoms with Crippen LogP contribution in [0.15, 0.2) is 40.9 Å². The van der Waals surface area contributed by atoms with Crippen LogP contribution < -0.4 is 5.32 Å². The lowest BCUT2D eigenvalue weighted by Crippen LogP contribution is -2.14. The van der Waals surface area contributed by atoms with Crippen LogP contribution in [0.2, 0.25) is 5.02 Å². The minimum absolute atomic E-state index is 0.00726. The third-order valence-corrected chi connectivity index (χ3v) is 4.05. The zero-order chi connectivity index (χ0) is 18.1. The first-order chi connectivity index (χ1) is 11.9. The first-order valence-electron chi connectivity index (χ1n) is 7.36. The Morgan fingerprint density at radius 2 is 1.96 bits per heavy atom. The van der Waals surface area contributed by atoms with Crippen LogP contribution in [0.4, 0.5) is 14.5 Å². The molecule has 25 heavy (non-hydrogen) atoms. The fraction of sp³-hybridized carbons (Fsp3) is 0.111. The van der Waals surface area contributed by atoms with Crippen LogP contribution in [0.5, 0.6) is 0 Å². The molecule has 1 heterocycles. The Kier molecular flexibility index (Phi) is 4.55. The van der Waals surface area contributed by atoms with Gasteiger partial charge in [-0.1, -0.05) is 28.9 Å². The van der Waals surface area contributed by atoms with Crippen LogP contribution in [-0.2, 0) is 0 Å². The van der Waals surface area contributed by atoms with E-state index in [0.29, 0.717) is 11.3 Å². The summed E-state index contributed by atoms with van der Waals surface area (Å²) in [5.74, 6) is -1.51. The molecule has 0 aliphatic heterocycles. The van der Waals surface area contributed by atoms with Gasteiger partial charge in [-0.15, -0.1) is 0 Å². The molecule has 2 aromatic carbocycles. The number of nitrogens with one attached hydrogen (secondary N) is 1. The van der Waals surface area contributed by atoms with E-state index in [0.717, 1.165) is 0 Å². The second-order valence-corrected chi connectivity index (χ2v) is 5.88. The molecule has 0 aliphatic rings.